The molecule has 1 atom stereocenters. The number of nitrogens with zero attached hydrogens (tertiary/aromatic N) is 3. The van der Waals surface area contributed by atoms with Crippen molar-refractivity contribution in [3.63, 3.8) is 0 Å². The Morgan fingerprint density at radius 3 is 2.76 bits per heavy atom. The molecule has 5 nitrogen and oxygen atoms in total. The third-order valence-corrected chi connectivity index (χ3v) is 3.35. The average molecular weight is 287 g/mol. The maximum absolute atomic E-state index is 13.6. The normalized spacial score (nSPS) is 17.8. The van der Waals surface area contributed by atoms with Crippen LogP contribution in [-0.2, 0) is 0 Å². The lowest BCUT2D eigenvalue weighted by Crippen LogP contribution is -2.31. The van der Waals surface area contributed by atoms with E-state index in [0.717, 1.165) is 0 Å². The van der Waals surface area contributed by atoms with Crippen LogP contribution in [0.1, 0.15) is 16.8 Å². The summed E-state index contributed by atoms with van der Waals surface area (Å²) in [6, 6.07) is 7.99. The molecule has 1 aromatic heterocycles. The number of aromatic nitrogens is 2. The molecular formula is C15H14FN3O2. The minimum atomic E-state index is -0.502. The molecule has 1 unspecified atom stereocenters. The molecule has 0 N–H and O–H groups in total. The number of benzene rings is 1. The molecule has 1 amide bonds. The van der Waals surface area contributed by atoms with Gasteiger partial charge in [0, 0.05) is 25.4 Å². The van der Waals surface area contributed by atoms with Crippen molar-refractivity contribution in [2.75, 3.05) is 13.1 Å². The van der Waals surface area contributed by atoms with Gasteiger partial charge >= 0.3 is 6.01 Å². The van der Waals surface area contributed by atoms with Crippen molar-refractivity contribution in [1.82, 2.24) is 14.9 Å². The third kappa shape index (κ3) is 2.99. The first-order valence-electron chi connectivity index (χ1n) is 6.71. The van der Waals surface area contributed by atoms with Crippen molar-refractivity contribution in [3.8, 4) is 6.01 Å². The quantitative estimate of drug-likeness (QED) is 0.865. The van der Waals surface area contributed by atoms with Gasteiger partial charge in [0.25, 0.3) is 5.91 Å². The lowest BCUT2D eigenvalue weighted by atomic mass is 10.2. The van der Waals surface area contributed by atoms with Crippen molar-refractivity contribution in [3.05, 3.63) is 54.1 Å². The van der Waals surface area contributed by atoms with E-state index < -0.39 is 5.82 Å². The van der Waals surface area contributed by atoms with Crippen LogP contribution >= 0.6 is 0 Å². The molecule has 0 spiro atoms. The van der Waals surface area contributed by atoms with Gasteiger partial charge in [0.05, 0.1) is 12.1 Å². The van der Waals surface area contributed by atoms with Gasteiger partial charge in [-0.05, 0) is 18.2 Å². The summed E-state index contributed by atoms with van der Waals surface area (Å²) in [5, 5.41) is 0. The van der Waals surface area contributed by atoms with Crippen LogP contribution in [0.25, 0.3) is 0 Å². The summed E-state index contributed by atoms with van der Waals surface area (Å²) in [5.41, 5.74) is 0.0918. The predicted octanol–water partition coefficient (Wildman–Crippen LogP) is 1.91. The summed E-state index contributed by atoms with van der Waals surface area (Å²) in [5.74, 6) is -0.813. The van der Waals surface area contributed by atoms with Crippen molar-refractivity contribution in [1.29, 1.82) is 0 Å². The number of amides is 1. The Labute approximate surface area is 121 Å². The fraction of sp³-hybridized carbons (Fsp3) is 0.267. The number of ether oxygens (including phenoxy) is 1. The zero-order valence-electron chi connectivity index (χ0n) is 11.3. The molecule has 1 fully saturated rings. The smallest absolute Gasteiger partial charge is 0.316 e. The summed E-state index contributed by atoms with van der Waals surface area (Å²) >= 11 is 0. The first-order chi connectivity index (χ1) is 10.2. The number of hydrogen-bond donors (Lipinski definition) is 0. The summed E-state index contributed by atoms with van der Waals surface area (Å²) in [7, 11) is 0. The standard InChI is InChI=1S/C15H14FN3O2/c16-13-5-2-1-4-12(13)14(20)19-9-6-11(10-19)21-15-17-7-3-8-18-15/h1-5,7-8,11H,6,9-10H2. The maximum atomic E-state index is 13.6. The minimum absolute atomic E-state index is 0.0918. The molecule has 0 radical (unpaired) electrons. The lowest BCUT2D eigenvalue weighted by Gasteiger charge is -2.17. The van der Waals surface area contributed by atoms with Gasteiger partial charge in [-0.25, -0.2) is 14.4 Å². The second-order valence-corrected chi connectivity index (χ2v) is 4.79. The van der Waals surface area contributed by atoms with Gasteiger partial charge in [-0.2, -0.15) is 0 Å². The second kappa shape index (κ2) is 5.87. The van der Waals surface area contributed by atoms with Crippen LogP contribution in [0, 0.1) is 5.82 Å². The average Bonchev–Trinajstić information content (AvgIpc) is 2.97. The van der Waals surface area contributed by atoms with E-state index in [4.69, 9.17) is 4.74 Å². The van der Waals surface area contributed by atoms with E-state index in [1.807, 2.05) is 0 Å². The number of carbonyl (C=O) groups is 1. The van der Waals surface area contributed by atoms with Gasteiger partial charge in [0.15, 0.2) is 0 Å². The van der Waals surface area contributed by atoms with E-state index in [-0.39, 0.29) is 17.6 Å². The number of hydrogen-bond acceptors (Lipinski definition) is 4. The van der Waals surface area contributed by atoms with Gasteiger partial charge < -0.3 is 9.64 Å². The van der Waals surface area contributed by atoms with Crippen molar-refractivity contribution >= 4 is 5.91 Å². The molecule has 2 aromatic rings. The minimum Gasteiger partial charge on any atom is -0.458 e. The van der Waals surface area contributed by atoms with Crippen LogP contribution in [0.3, 0.4) is 0 Å². The molecular weight excluding hydrogens is 273 g/mol. The van der Waals surface area contributed by atoms with Crippen LogP contribution in [-0.4, -0.2) is 40.0 Å². The van der Waals surface area contributed by atoms with E-state index in [0.29, 0.717) is 25.5 Å². The fourth-order valence-electron chi connectivity index (χ4n) is 2.31. The van der Waals surface area contributed by atoms with Crippen molar-refractivity contribution in [2.45, 2.75) is 12.5 Å². The van der Waals surface area contributed by atoms with E-state index in [2.05, 4.69) is 9.97 Å². The Kier molecular flexibility index (Phi) is 3.77. The van der Waals surface area contributed by atoms with Crippen molar-refractivity contribution < 1.29 is 13.9 Å². The Hall–Kier alpha value is -2.50. The van der Waals surface area contributed by atoms with Crippen molar-refractivity contribution in [2.24, 2.45) is 0 Å². The SMILES string of the molecule is O=C(c1ccccc1F)N1CCC(Oc2ncccn2)C1. The fourth-order valence-corrected chi connectivity index (χ4v) is 2.31. The van der Waals surface area contributed by atoms with Crippen LogP contribution < -0.4 is 4.74 Å². The van der Waals surface area contributed by atoms with Gasteiger partial charge in [-0.3, -0.25) is 4.79 Å². The van der Waals surface area contributed by atoms with E-state index in [1.165, 1.54) is 12.1 Å². The molecule has 108 valence electrons. The van der Waals surface area contributed by atoms with E-state index in [9.17, 15) is 9.18 Å². The molecule has 0 bridgehead atoms. The van der Waals surface area contributed by atoms with Gasteiger partial charge in [0.2, 0.25) is 0 Å². The molecule has 1 aliphatic rings. The Balaban J connectivity index is 1.65. The summed E-state index contributed by atoms with van der Waals surface area (Å²) in [6.07, 6.45) is 3.71. The molecule has 1 saturated heterocycles. The van der Waals surface area contributed by atoms with Crippen LogP contribution in [0.15, 0.2) is 42.7 Å². The summed E-state index contributed by atoms with van der Waals surface area (Å²) < 4.78 is 19.3. The zero-order chi connectivity index (χ0) is 14.7. The lowest BCUT2D eigenvalue weighted by molar-refractivity contribution is 0.0765. The molecule has 0 aliphatic carbocycles. The Morgan fingerprint density at radius 1 is 1.24 bits per heavy atom. The molecule has 0 saturated carbocycles. The topological polar surface area (TPSA) is 55.3 Å². The van der Waals surface area contributed by atoms with Crippen LogP contribution in [0.4, 0.5) is 4.39 Å². The highest BCUT2D eigenvalue weighted by Crippen LogP contribution is 2.18. The monoisotopic (exact) mass is 287 g/mol. The Bertz CT molecular complexity index is 636. The molecule has 6 heteroatoms. The highest BCUT2D eigenvalue weighted by Gasteiger charge is 2.29. The van der Waals surface area contributed by atoms with E-state index in [1.54, 1.807) is 35.5 Å². The zero-order valence-corrected chi connectivity index (χ0v) is 11.3. The second-order valence-electron chi connectivity index (χ2n) is 4.79. The molecule has 1 aliphatic heterocycles. The molecule has 3 rings (SSSR count). The molecule has 1 aromatic carbocycles. The molecule has 2 heterocycles. The van der Waals surface area contributed by atoms with Gasteiger partial charge in [-0.1, -0.05) is 12.1 Å². The first-order valence-corrected chi connectivity index (χ1v) is 6.71. The predicted molar refractivity (Wildman–Crippen MR) is 73.4 cm³/mol. The highest BCUT2D eigenvalue weighted by atomic mass is 19.1. The highest BCUT2D eigenvalue weighted by molar-refractivity contribution is 5.94. The van der Waals surface area contributed by atoms with Crippen LogP contribution in [0.5, 0.6) is 6.01 Å². The third-order valence-electron chi connectivity index (χ3n) is 3.35. The number of likely N-dealkylation sites (tertiary alicyclic amines) is 1. The van der Waals surface area contributed by atoms with Crippen LogP contribution in [0.2, 0.25) is 0 Å². The van der Waals surface area contributed by atoms with Gasteiger partial charge in [-0.15, -0.1) is 0 Å². The maximum Gasteiger partial charge on any atom is 0.316 e. The first kappa shape index (κ1) is 13.5. The summed E-state index contributed by atoms with van der Waals surface area (Å²) in [4.78, 5) is 21.8. The Morgan fingerprint density at radius 2 is 2.00 bits per heavy atom. The molecule has 21 heavy (non-hydrogen) atoms. The van der Waals surface area contributed by atoms with E-state index >= 15 is 0 Å². The largest absolute Gasteiger partial charge is 0.458 e. The number of rotatable bonds is 3. The van der Waals surface area contributed by atoms with Gasteiger partial charge in [0.1, 0.15) is 11.9 Å². The number of halogens is 1. The summed E-state index contributed by atoms with van der Waals surface area (Å²) in [6.45, 7) is 0.941. The number of carbonyl (C=O) groups excluding carboxylic acids is 1.